The molecule has 2 aromatic heterocycles. The predicted octanol–water partition coefficient (Wildman–Crippen LogP) is 4.74. The first-order valence-corrected chi connectivity index (χ1v) is 15.6. The van der Waals surface area contributed by atoms with Gasteiger partial charge in [-0.1, -0.05) is 6.07 Å². The van der Waals surface area contributed by atoms with Crippen molar-refractivity contribution in [2.45, 2.75) is 56.5 Å². The summed E-state index contributed by atoms with van der Waals surface area (Å²) in [6, 6.07) is 6.16. The van der Waals surface area contributed by atoms with Crippen molar-refractivity contribution < 1.29 is 18.6 Å². The van der Waals surface area contributed by atoms with Crippen LogP contribution < -0.4 is 15.0 Å². The highest BCUT2D eigenvalue weighted by Gasteiger charge is 2.45. The minimum absolute atomic E-state index is 0.00206. The average molecular weight is 597 g/mol. The smallest absolute Gasteiger partial charge is 0.319 e. The zero-order valence-electron chi connectivity index (χ0n) is 24.5. The normalized spacial score (nSPS) is 20.8. The Balaban J connectivity index is 1.34. The quantitative estimate of drug-likeness (QED) is 0.320. The monoisotopic (exact) mass is 596 g/mol. The Bertz CT molecular complexity index is 1850. The van der Waals surface area contributed by atoms with Gasteiger partial charge in [0.05, 0.1) is 16.6 Å². The number of ether oxygens (including phenoxy) is 1. The topological polar surface area (TPSA) is 86.6 Å². The molecule has 0 bridgehead atoms. The summed E-state index contributed by atoms with van der Waals surface area (Å²) in [5, 5.41) is 15.7. The SMILES string of the molecule is C#CCc1c(F)ccc2cc(O)cc(-c3nc4c5c(nc(OCC67CCCN6CCC7)nc5c3F)N3CCNCC3CC4)c12. The van der Waals surface area contributed by atoms with E-state index in [1.54, 1.807) is 6.07 Å². The molecule has 0 radical (unpaired) electrons. The molecule has 2 N–H and O–H groups in total. The molecular weight excluding hydrogens is 562 g/mol. The lowest BCUT2D eigenvalue weighted by Crippen LogP contribution is -2.51. The Kier molecular flexibility index (Phi) is 6.58. The maximum atomic E-state index is 17.0. The van der Waals surface area contributed by atoms with E-state index in [0.29, 0.717) is 40.7 Å². The van der Waals surface area contributed by atoms with Gasteiger partial charge in [0, 0.05) is 43.2 Å². The fourth-order valence-electron chi connectivity index (χ4n) is 8.06. The second-order valence-corrected chi connectivity index (χ2v) is 12.6. The number of phenols is 1. The number of hydrogen-bond donors (Lipinski definition) is 2. The lowest BCUT2D eigenvalue weighted by Gasteiger charge is -2.36. The Labute approximate surface area is 254 Å². The number of benzene rings is 2. The molecule has 4 aromatic rings. The Hall–Kier alpha value is -4.07. The zero-order chi connectivity index (χ0) is 30.0. The number of phenolic OH excluding ortho intramolecular Hbond substituents is 1. The van der Waals surface area contributed by atoms with Gasteiger partial charge in [-0.15, -0.1) is 12.3 Å². The molecule has 3 saturated heterocycles. The van der Waals surface area contributed by atoms with Gasteiger partial charge in [-0.25, -0.2) is 13.8 Å². The summed E-state index contributed by atoms with van der Waals surface area (Å²) in [6.07, 6.45) is 11.4. The van der Waals surface area contributed by atoms with Crippen LogP contribution >= 0.6 is 0 Å². The second-order valence-electron chi connectivity index (χ2n) is 12.6. The number of aryl methyl sites for hydroxylation is 1. The van der Waals surface area contributed by atoms with E-state index in [4.69, 9.17) is 26.1 Å². The largest absolute Gasteiger partial charge is 0.508 e. The van der Waals surface area contributed by atoms with Crippen molar-refractivity contribution in [2.24, 2.45) is 0 Å². The zero-order valence-corrected chi connectivity index (χ0v) is 24.5. The number of hydrogen-bond acceptors (Lipinski definition) is 8. The number of fused-ring (bicyclic) bond motifs is 4. The van der Waals surface area contributed by atoms with Crippen LogP contribution in [-0.4, -0.2) is 75.9 Å². The van der Waals surface area contributed by atoms with E-state index >= 15 is 8.78 Å². The molecule has 10 heteroatoms. The van der Waals surface area contributed by atoms with Gasteiger partial charge in [-0.3, -0.25) is 4.90 Å². The summed E-state index contributed by atoms with van der Waals surface area (Å²) < 4.78 is 38.5. The molecule has 8 nitrogen and oxygen atoms in total. The molecule has 2 aromatic carbocycles. The second kappa shape index (κ2) is 10.5. The first kappa shape index (κ1) is 27.5. The molecule has 8 rings (SSSR count). The van der Waals surface area contributed by atoms with Gasteiger partial charge in [-0.2, -0.15) is 9.97 Å². The molecule has 4 aliphatic rings. The number of nitrogens with zero attached hydrogens (tertiary/aromatic N) is 5. The van der Waals surface area contributed by atoms with Crippen molar-refractivity contribution in [1.29, 1.82) is 0 Å². The number of terminal acetylenes is 1. The number of piperazine rings is 1. The molecule has 226 valence electrons. The number of pyridine rings is 1. The number of halogens is 2. The van der Waals surface area contributed by atoms with Crippen LogP contribution in [0, 0.1) is 24.0 Å². The predicted molar refractivity (Wildman–Crippen MR) is 165 cm³/mol. The summed E-state index contributed by atoms with van der Waals surface area (Å²) in [4.78, 5) is 19.3. The molecular formula is C34H34F2N6O2. The van der Waals surface area contributed by atoms with Crippen LogP contribution in [-0.2, 0) is 12.8 Å². The van der Waals surface area contributed by atoms with Gasteiger partial charge in [0.1, 0.15) is 35.2 Å². The molecule has 0 saturated carbocycles. The van der Waals surface area contributed by atoms with Crippen molar-refractivity contribution in [3.05, 3.63) is 47.2 Å². The number of nitrogens with one attached hydrogen (secondary N) is 1. The molecule has 3 fully saturated rings. The molecule has 0 amide bonds. The lowest BCUT2D eigenvalue weighted by molar-refractivity contribution is 0.108. The van der Waals surface area contributed by atoms with E-state index in [1.807, 2.05) is 0 Å². The van der Waals surface area contributed by atoms with E-state index in [1.165, 1.54) is 18.2 Å². The van der Waals surface area contributed by atoms with Gasteiger partial charge in [0.15, 0.2) is 5.82 Å². The van der Waals surface area contributed by atoms with E-state index in [0.717, 1.165) is 64.8 Å². The fourth-order valence-corrected chi connectivity index (χ4v) is 8.06. The highest BCUT2D eigenvalue weighted by molar-refractivity contribution is 6.02. The molecule has 0 spiro atoms. The minimum atomic E-state index is -0.657. The number of aromatic hydroxyl groups is 1. The maximum Gasteiger partial charge on any atom is 0.319 e. The van der Waals surface area contributed by atoms with Crippen LogP contribution in [0.25, 0.3) is 32.9 Å². The number of anilines is 1. The summed E-state index contributed by atoms with van der Waals surface area (Å²) in [5.41, 5.74) is 1.33. The van der Waals surface area contributed by atoms with Gasteiger partial charge < -0.3 is 20.1 Å². The summed E-state index contributed by atoms with van der Waals surface area (Å²) in [7, 11) is 0. The third kappa shape index (κ3) is 4.28. The van der Waals surface area contributed by atoms with Crippen molar-refractivity contribution in [3.63, 3.8) is 0 Å². The van der Waals surface area contributed by atoms with Gasteiger partial charge in [-0.05, 0) is 80.6 Å². The maximum absolute atomic E-state index is 17.0. The fraction of sp³-hybridized carbons (Fsp3) is 0.441. The average Bonchev–Trinajstić information content (AvgIpc) is 3.57. The summed E-state index contributed by atoms with van der Waals surface area (Å²) in [6.45, 7) is 4.91. The Morgan fingerprint density at radius 3 is 2.75 bits per heavy atom. The highest BCUT2D eigenvalue weighted by Crippen LogP contribution is 2.43. The Morgan fingerprint density at radius 1 is 1.09 bits per heavy atom. The van der Waals surface area contributed by atoms with Crippen molar-refractivity contribution >= 4 is 27.5 Å². The van der Waals surface area contributed by atoms with Crippen LogP contribution in [0.4, 0.5) is 14.6 Å². The third-order valence-electron chi connectivity index (χ3n) is 10.1. The van der Waals surface area contributed by atoms with E-state index in [9.17, 15) is 5.11 Å². The molecule has 4 aliphatic heterocycles. The van der Waals surface area contributed by atoms with E-state index in [-0.39, 0.29) is 52.1 Å². The van der Waals surface area contributed by atoms with Crippen LogP contribution in [0.3, 0.4) is 0 Å². The Morgan fingerprint density at radius 2 is 1.93 bits per heavy atom. The molecule has 0 aliphatic carbocycles. The van der Waals surface area contributed by atoms with Crippen LogP contribution in [0.5, 0.6) is 11.8 Å². The number of rotatable bonds is 5. The molecule has 6 heterocycles. The first-order chi connectivity index (χ1) is 21.5. The van der Waals surface area contributed by atoms with Crippen LogP contribution in [0.1, 0.15) is 43.4 Å². The molecule has 44 heavy (non-hydrogen) atoms. The van der Waals surface area contributed by atoms with Crippen molar-refractivity contribution in [2.75, 3.05) is 44.2 Å². The van der Waals surface area contributed by atoms with E-state index in [2.05, 4.69) is 21.0 Å². The standard InChI is InChI=1S/C34H34F2N6O2/c1-2-5-23-25(35)8-6-20-16-22(43)17-24(27(20)23)30-29(36)31-28-26(38-30)9-7-21-18-37-12-15-42(21)32(28)40-33(39-31)44-19-34-10-3-13-41(34)14-4-11-34/h1,6,8,16-17,21,37,43H,3-5,7,9-15,18-19H2. The van der Waals surface area contributed by atoms with Crippen molar-refractivity contribution in [1.82, 2.24) is 25.2 Å². The lowest BCUT2D eigenvalue weighted by atomic mass is 9.94. The van der Waals surface area contributed by atoms with Crippen molar-refractivity contribution in [3.8, 4) is 35.4 Å². The van der Waals surface area contributed by atoms with Gasteiger partial charge >= 0.3 is 6.01 Å². The minimum Gasteiger partial charge on any atom is -0.508 e. The first-order valence-electron chi connectivity index (χ1n) is 15.6. The van der Waals surface area contributed by atoms with Crippen LogP contribution in [0.2, 0.25) is 0 Å². The summed E-state index contributed by atoms with van der Waals surface area (Å²) >= 11 is 0. The van der Waals surface area contributed by atoms with Gasteiger partial charge in [0.25, 0.3) is 0 Å². The van der Waals surface area contributed by atoms with E-state index < -0.39 is 11.6 Å². The molecule has 1 unspecified atom stereocenters. The number of aromatic nitrogens is 3. The molecule has 1 atom stereocenters. The third-order valence-corrected chi connectivity index (χ3v) is 10.1. The summed E-state index contributed by atoms with van der Waals surface area (Å²) in [5.74, 6) is 1.95. The highest BCUT2D eigenvalue weighted by atomic mass is 19.1. The van der Waals surface area contributed by atoms with Crippen LogP contribution in [0.15, 0.2) is 24.3 Å². The van der Waals surface area contributed by atoms with Gasteiger partial charge in [0.2, 0.25) is 0 Å².